The van der Waals surface area contributed by atoms with Crippen molar-refractivity contribution in [3.05, 3.63) is 5.51 Å². The largest absolute Gasteiger partial charge is 0.360 e. The van der Waals surface area contributed by atoms with Crippen LogP contribution >= 0.6 is 22.9 Å². The zero-order valence-corrected chi connectivity index (χ0v) is 9.07. The molecule has 13 heavy (non-hydrogen) atoms. The maximum Gasteiger partial charge on any atom is 0.205 e. The van der Waals surface area contributed by atoms with Gasteiger partial charge in [0.15, 0.2) is 0 Å². The van der Waals surface area contributed by atoms with Gasteiger partial charge in [-0.05, 0) is 12.8 Å². The lowest BCUT2D eigenvalue weighted by Crippen LogP contribution is -2.00. The molecule has 0 aliphatic rings. The molecule has 3 nitrogen and oxygen atoms in total. The number of unbranched alkanes of at least 4 members (excludes halogenated alkanes) is 3. The molecule has 1 heterocycles. The molecule has 0 spiro atoms. The SMILES string of the molecule is ClCCCCCCNc1nncs1. The normalized spacial score (nSPS) is 10.2. The molecule has 1 rings (SSSR count). The first-order valence-electron chi connectivity index (χ1n) is 4.49. The molecule has 0 saturated heterocycles. The first-order valence-corrected chi connectivity index (χ1v) is 5.91. The number of rotatable bonds is 7. The van der Waals surface area contributed by atoms with Gasteiger partial charge in [-0.15, -0.1) is 21.8 Å². The Hall–Kier alpha value is -0.350. The molecule has 74 valence electrons. The fourth-order valence-electron chi connectivity index (χ4n) is 1.02. The van der Waals surface area contributed by atoms with Crippen LogP contribution in [-0.4, -0.2) is 22.6 Å². The van der Waals surface area contributed by atoms with Crippen LogP contribution in [0.15, 0.2) is 5.51 Å². The zero-order valence-electron chi connectivity index (χ0n) is 7.50. The van der Waals surface area contributed by atoms with Crippen LogP contribution in [0.1, 0.15) is 25.7 Å². The van der Waals surface area contributed by atoms with Gasteiger partial charge in [0.25, 0.3) is 0 Å². The maximum atomic E-state index is 5.56. The Morgan fingerprint density at radius 1 is 1.31 bits per heavy atom. The van der Waals surface area contributed by atoms with E-state index in [0.717, 1.165) is 24.0 Å². The van der Waals surface area contributed by atoms with Crippen LogP contribution in [0.5, 0.6) is 0 Å². The molecule has 0 unspecified atom stereocenters. The van der Waals surface area contributed by atoms with Gasteiger partial charge in [0, 0.05) is 12.4 Å². The fourth-order valence-corrected chi connectivity index (χ4v) is 1.68. The van der Waals surface area contributed by atoms with E-state index in [1.165, 1.54) is 30.6 Å². The van der Waals surface area contributed by atoms with Gasteiger partial charge in [-0.3, -0.25) is 0 Å². The van der Waals surface area contributed by atoms with Crippen LogP contribution in [0.4, 0.5) is 5.13 Å². The summed E-state index contributed by atoms with van der Waals surface area (Å²) in [4.78, 5) is 0. The third-order valence-electron chi connectivity index (χ3n) is 1.70. The summed E-state index contributed by atoms with van der Waals surface area (Å²) in [5.74, 6) is 0.782. The molecule has 1 aromatic heterocycles. The van der Waals surface area contributed by atoms with Crippen molar-refractivity contribution in [1.82, 2.24) is 10.2 Å². The highest BCUT2D eigenvalue weighted by Crippen LogP contribution is 2.08. The number of nitrogens with one attached hydrogen (secondary N) is 1. The lowest BCUT2D eigenvalue weighted by Gasteiger charge is -2.00. The van der Waals surface area contributed by atoms with E-state index >= 15 is 0 Å². The van der Waals surface area contributed by atoms with Gasteiger partial charge in [0.2, 0.25) is 5.13 Å². The van der Waals surface area contributed by atoms with Crippen LogP contribution in [0.2, 0.25) is 0 Å². The molecule has 1 N–H and O–H groups in total. The van der Waals surface area contributed by atoms with Crippen molar-refractivity contribution < 1.29 is 0 Å². The van der Waals surface area contributed by atoms with Gasteiger partial charge < -0.3 is 5.32 Å². The minimum absolute atomic E-state index is 0.782. The van der Waals surface area contributed by atoms with Gasteiger partial charge in [-0.25, -0.2) is 0 Å². The lowest BCUT2D eigenvalue weighted by atomic mass is 10.2. The summed E-state index contributed by atoms with van der Waals surface area (Å²) in [6.45, 7) is 0.984. The van der Waals surface area contributed by atoms with Crippen molar-refractivity contribution >= 4 is 28.1 Å². The molecule has 0 saturated carbocycles. The minimum Gasteiger partial charge on any atom is -0.360 e. The Morgan fingerprint density at radius 3 is 2.85 bits per heavy atom. The predicted octanol–water partition coefficient (Wildman–Crippen LogP) is 2.75. The number of hydrogen-bond acceptors (Lipinski definition) is 4. The number of hydrogen-bond donors (Lipinski definition) is 1. The van der Waals surface area contributed by atoms with Crippen LogP contribution < -0.4 is 5.32 Å². The number of aromatic nitrogens is 2. The predicted molar refractivity (Wildman–Crippen MR) is 57.6 cm³/mol. The first-order chi connectivity index (χ1) is 6.43. The van der Waals surface area contributed by atoms with Gasteiger partial charge in [0.1, 0.15) is 5.51 Å². The summed E-state index contributed by atoms with van der Waals surface area (Å²) in [6, 6.07) is 0. The molecule has 0 amide bonds. The van der Waals surface area contributed by atoms with E-state index in [0.29, 0.717) is 0 Å². The quantitative estimate of drug-likeness (QED) is 0.566. The molecule has 1 aromatic rings. The second-order valence-electron chi connectivity index (χ2n) is 2.77. The smallest absolute Gasteiger partial charge is 0.205 e. The molecule has 0 aliphatic carbocycles. The van der Waals surface area contributed by atoms with E-state index in [9.17, 15) is 0 Å². The summed E-state index contributed by atoms with van der Waals surface area (Å²) in [7, 11) is 0. The third-order valence-corrected chi connectivity index (χ3v) is 2.61. The van der Waals surface area contributed by atoms with Gasteiger partial charge in [-0.1, -0.05) is 24.2 Å². The number of nitrogens with zero attached hydrogens (tertiary/aromatic N) is 2. The summed E-state index contributed by atoms with van der Waals surface area (Å²) >= 11 is 7.10. The van der Waals surface area contributed by atoms with Crippen LogP contribution in [-0.2, 0) is 0 Å². The zero-order chi connectivity index (χ0) is 9.36. The lowest BCUT2D eigenvalue weighted by molar-refractivity contribution is 0.687. The van der Waals surface area contributed by atoms with Crippen molar-refractivity contribution in [2.75, 3.05) is 17.7 Å². The van der Waals surface area contributed by atoms with Crippen molar-refractivity contribution in [2.45, 2.75) is 25.7 Å². The second-order valence-corrected chi connectivity index (χ2v) is 3.99. The summed E-state index contributed by atoms with van der Waals surface area (Å²) in [6.07, 6.45) is 4.76. The Bertz CT molecular complexity index is 203. The van der Waals surface area contributed by atoms with Crippen molar-refractivity contribution in [3.63, 3.8) is 0 Å². The minimum atomic E-state index is 0.782. The second kappa shape index (κ2) is 7.09. The number of anilines is 1. The molecule has 0 bridgehead atoms. The van der Waals surface area contributed by atoms with E-state index in [2.05, 4.69) is 15.5 Å². The number of halogens is 1. The number of alkyl halides is 1. The summed E-state index contributed by atoms with van der Waals surface area (Å²) in [5.41, 5.74) is 1.73. The summed E-state index contributed by atoms with van der Waals surface area (Å²) < 4.78 is 0. The molecule has 5 heteroatoms. The molecule has 0 aliphatic heterocycles. The van der Waals surface area contributed by atoms with Crippen molar-refractivity contribution in [1.29, 1.82) is 0 Å². The molecule has 0 aromatic carbocycles. The van der Waals surface area contributed by atoms with Gasteiger partial charge >= 0.3 is 0 Å². The highest BCUT2D eigenvalue weighted by molar-refractivity contribution is 7.13. The average molecular weight is 220 g/mol. The standard InChI is InChI=1S/C8H14ClN3S/c9-5-3-1-2-4-6-10-8-12-11-7-13-8/h7H,1-6H2,(H,10,12). The van der Waals surface area contributed by atoms with Crippen molar-refractivity contribution in [3.8, 4) is 0 Å². The first kappa shape index (κ1) is 10.7. The van der Waals surface area contributed by atoms with E-state index in [4.69, 9.17) is 11.6 Å². The highest BCUT2D eigenvalue weighted by atomic mass is 35.5. The molecule has 0 atom stereocenters. The highest BCUT2D eigenvalue weighted by Gasteiger charge is 1.93. The average Bonchev–Trinajstić information content (AvgIpc) is 2.63. The molecular weight excluding hydrogens is 206 g/mol. The Kier molecular flexibility index (Phi) is 5.85. The maximum absolute atomic E-state index is 5.56. The molecular formula is C8H14ClN3S. The van der Waals surface area contributed by atoms with Crippen LogP contribution in [0, 0.1) is 0 Å². The fraction of sp³-hybridized carbons (Fsp3) is 0.750. The Labute approximate surface area is 87.5 Å². The van der Waals surface area contributed by atoms with Crippen LogP contribution in [0.25, 0.3) is 0 Å². The molecule has 0 radical (unpaired) electrons. The topological polar surface area (TPSA) is 37.8 Å². The third kappa shape index (κ3) is 5.05. The van der Waals surface area contributed by atoms with Crippen molar-refractivity contribution in [2.24, 2.45) is 0 Å². The van der Waals surface area contributed by atoms with Crippen LogP contribution in [0.3, 0.4) is 0 Å². The monoisotopic (exact) mass is 219 g/mol. The Morgan fingerprint density at radius 2 is 2.15 bits per heavy atom. The van der Waals surface area contributed by atoms with E-state index in [1.54, 1.807) is 5.51 Å². The summed E-state index contributed by atoms with van der Waals surface area (Å²) in [5, 5.41) is 11.8. The molecule has 0 fully saturated rings. The van der Waals surface area contributed by atoms with E-state index in [1.807, 2.05) is 0 Å². The van der Waals surface area contributed by atoms with E-state index < -0.39 is 0 Å². The Balaban J connectivity index is 1.90. The van der Waals surface area contributed by atoms with E-state index in [-0.39, 0.29) is 0 Å². The van der Waals surface area contributed by atoms with Gasteiger partial charge in [-0.2, -0.15) is 0 Å². The van der Waals surface area contributed by atoms with Gasteiger partial charge in [0.05, 0.1) is 0 Å².